The van der Waals surface area contributed by atoms with E-state index in [2.05, 4.69) is 0 Å². The first kappa shape index (κ1) is 20.8. The number of carboxylic acid groups (broad SMARTS) is 1. The number of carboxylic acids is 1. The van der Waals surface area contributed by atoms with E-state index in [9.17, 15) is 14.6 Å². The molecule has 116 valence electrons. The smallest absolute Gasteiger partial charge is 0.379 e. The van der Waals surface area contributed by atoms with Gasteiger partial charge in [-0.25, -0.2) is 4.79 Å². The van der Waals surface area contributed by atoms with Crippen LogP contribution in [-0.2, 0) is 14.1 Å². The maximum atomic E-state index is 12.0. The molecule has 0 amide bonds. The fraction of sp³-hybridized carbons (Fsp3) is 0.889. The Hall–Kier alpha value is -0.540. The van der Waals surface area contributed by atoms with Gasteiger partial charge in [-0.3, -0.25) is 4.57 Å². The van der Waals surface area contributed by atoms with Crippen molar-refractivity contribution in [2.45, 2.75) is 27.0 Å². The van der Waals surface area contributed by atoms with Crippen molar-refractivity contribution in [2.24, 2.45) is 5.73 Å². The summed E-state index contributed by atoms with van der Waals surface area (Å²) in [6.07, 6.45) is -2.26. The van der Waals surface area contributed by atoms with Crippen LogP contribution in [0.1, 0.15) is 20.8 Å². The predicted octanol–water partition coefficient (Wildman–Crippen LogP) is -0.132. The molecule has 2 atom stereocenters. The molecule has 0 aromatic heterocycles. The highest BCUT2D eigenvalue weighted by atomic mass is 31.2. The van der Waals surface area contributed by atoms with E-state index in [1.165, 1.54) is 6.92 Å². The summed E-state index contributed by atoms with van der Waals surface area (Å²) in [5, 5.41) is 20.5. The van der Waals surface area contributed by atoms with Crippen LogP contribution in [0.5, 0.6) is 0 Å². The van der Waals surface area contributed by atoms with Crippen molar-refractivity contribution >= 4 is 13.6 Å². The number of hydrogen-bond donors (Lipinski definition) is 4. The van der Waals surface area contributed by atoms with E-state index in [1.54, 1.807) is 6.92 Å². The first-order valence-corrected chi connectivity index (χ1v) is 7.48. The zero-order valence-corrected chi connectivity index (χ0v) is 12.2. The summed E-state index contributed by atoms with van der Waals surface area (Å²) in [7, 11) is -4.60. The van der Waals surface area contributed by atoms with E-state index in [0.29, 0.717) is 0 Å². The lowest BCUT2D eigenvalue weighted by Gasteiger charge is -2.44. The van der Waals surface area contributed by atoms with Gasteiger partial charge in [0.1, 0.15) is 0 Å². The highest BCUT2D eigenvalue weighted by Crippen LogP contribution is 2.39. The second-order valence-electron chi connectivity index (χ2n) is 3.77. The van der Waals surface area contributed by atoms with E-state index in [-0.39, 0.29) is 6.61 Å². The molecule has 19 heavy (non-hydrogen) atoms. The molecule has 10 heteroatoms. The second-order valence-corrected chi connectivity index (χ2v) is 5.39. The van der Waals surface area contributed by atoms with Crippen LogP contribution in [0, 0.1) is 5.21 Å². The number of ether oxygens (including phenoxy) is 1. The summed E-state index contributed by atoms with van der Waals surface area (Å²) in [5.74, 6) is -1.44. The van der Waals surface area contributed by atoms with Crippen LogP contribution in [0.25, 0.3) is 0 Å². The van der Waals surface area contributed by atoms with E-state index in [1.807, 2.05) is 6.92 Å². The Morgan fingerprint density at radius 3 is 2.16 bits per heavy atom. The first-order chi connectivity index (χ1) is 8.52. The topological polar surface area (TPSA) is 153 Å². The van der Waals surface area contributed by atoms with Crippen molar-refractivity contribution in [2.75, 3.05) is 26.0 Å². The average Bonchev–Trinajstić information content (AvgIpc) is 2.14. The SMILES string of the molecule is CCN.CCOC(C)[N+]([O-])(CC(=O)O)CP(=O)(O)O. The van der Waals surface area contributed by atoms with E-state index in [0.717, 1.165) is 6.54 Å². The minimum absolute atomic E-state index is 0.157. The Kier molecular flexibility index (Phi) is 10.3. The third kappa shape index (κ3) is 11.0. The molecule has 0 radical (unpaired) electrons. The quantitative estimate of drug-likeness (QED) is 0.219. The van der Waals surface area contributed by atoms with Gasteiger partial charge < -0.3 is 35.2 Å². The molecule has 0 aliphatic rings. The van der Waals surface area contributed by atoms with Gasteiger partial charge in [-0.05, 0) is 13.5 Å². The van der Waals surface area contributed by atoms with Crippen LogP contribution in [-0.4, -0.2) is 57.7 Å². The Labute approximate surface area is 112 Å². The number of nitrogens with zero attached hydrogens (tertiary/aromatic N) is 1. The third-order valence-electron chi connectivity index (χ3n) is 1.90. The normalized spacial score (nSPS) is 15.9. The summed E-state index contributed by atoms with van der Waals surface area (Å²) < 4.78 is 14.1. The fourth-order valence-corrected chi connectivity index (χ4v) is 2.17. The Morgan fingerprint density at radius 1 is 1.47 bits per heavy atom. The predicted molar refractivity (Wildman–Crippen MR) is 68.9 cm³/mol. The maximum absolute atomic E-state index is 12.0. The molecule has 0 fully saturated rings. The van der Waals surface area contributed by atoms with Crippen molar-refractivity contribution < 1.29 is 33.6 Å². The molecule has 0 saturated carbocycles. The van der Waals surface area contributed by atoms with Crippen LogP contribution in [0.4, 0.5) is 0 Å². The molecule has 0 aromatic carbocycles. The van der Waals surface area contributed by atoms with Gasteiger partial charge in [0.25, 0.3) is 0 Å². The molecule has 9 nitrogen and oxygen atoms in total. The Morgan fingerprint density at radius 2 is 1.89 bits per heavy atom. The lowest BCUT2D eigenvalue weighted by atomic mass is 10.5. The third-order valence-corrected chi connectivity index (χ3v) is 2.74. The number of aliphatic carboxylic acids is 1. The van der Waals surface area contributed by atoms with Crippen LogP contribution >= 0.6 is 7.60 Å². The van der Waals surface area contributed by atoms with Gasteiger partial charge in [0.15, 0.2) is 19.1 Å². The standard InChI is InChI=1S/C7H16NO7P.C2H7N/c1-3-15-6(2)8(11,4-7(9)10)5-16(12,13)14;1-2-3/h6H,3-5H2,1-2H3,(H,9,10)(H2,12,13,14);2-3H2,1H3. The number of carbonyl (C=O) groups is 1. The minimum atomic E-state index is -4.60. The summed E-state index contributed by atoms with van der Waals surface area (Å²) in [4.78, 5) is 27.9. The van der Waals surface area contributed by atoms with Crippen LogP contribution in [0.2, 0.25) is 0 Å². The molecule has 0 rings (SSSR count). The molecule has 0 spiro atoms. The van der Waals surface area contributed by atoms with E-state index in [4.69, 9.17) is 25.4 Å². The van der Waals surface area contributed by atoms with E-state index >= 15 is 0 Å². The lowest BCUT2D eigenvalue weighted by molar-refractivity contribution is -0.910. The van der Waals surface area contributed by atoms with Crippen molar-refractivity contribution in [3.8, 4) is 0 Å². The van der Waals surface area contributed by atoms with Crippen molar-refractivity contribution in [3.05, 3.63) is 5.21 Å². The van der Waals surface area contributed by atoms with E-state index < -0.39 is 37.3 Å². The van der Waals surface area contributed by atoms with Crippen LogP contribution in [0.3, 0.4) is 0 Å². The molecular formula is C9H23N2O7P. The van der Waals surface area contributed by atoms with Crippen LogP contribution in [0.15, 0.2) is 0 Å². The molecule has 0 heterocycles. The van der Waals surface area contributed by atoms with Gasteiger partial charge in [0.05, 0.1) is 6.61 Å². The second kappa shape index (κ2) is 9.38. The average molecular weight is 302 g/mol. The Balaban J connectivity index is 0. The fourth-order valence-electron chi connectivity index (χ4n) is 1.21. The summed E-state index contributed by atoms with van der Waals surface area (Å²) >= 11 is 0. The maximum Gasteiger partial charge on any atom is 0.379 e. The van der Waals surface area contributed by atoms with Crippen molar-refractivity contribution in [1.82, 2.24) is 0 Å². The number of nitrogens with two attached hydrogens (primary N) is 1. The largest absolute Gasteiger partial charge is 0.630 e. The molecule has 0 aliphatic heterocycles. The number of hydrogen-bond acceptors (Lipinski definition) is 5. The molecule has 0 aromatic rings. The summed E-state index contributed by atoms with van der Waals surface area (Å²) in [6.45, 7) is 4.74. The molecular weight excluding hydrogens is 279 g/mol. The number of quaternary nitrogens is 1. The highest BCUT2D eigenvalue weighted by Gasteiger charge is 2.35. The lowest BCUT2D eigenvalue weighted by Crippen LogP contribution is -2.53. The van der Waals surface area contributed by atoms with Gasteiger partial charge in [-0.1, -0.05) is 6.92 Å². The molecule has 5 N–H and O–H groups in total. The number of hydroxylamine groups is 3. The van der Waals surface area contributed by atoms with Gasteiger partial charge in [-0.2, -0.15) is 0 Å². The summed E-state index contributed by atoms with van der Waals surface area (Å²) in [5.41, 5.74) is 4.85. The van der Waals surface area contributed by atoms with Gasteiger partial charge in [0.2, 0.25) is 0 Å². The molecule has 0 bridgehead atoms. The zero-order valence-electron chi connectivity index (χ0n) is 11.4. The molecule has 2 unspecified atom stereocenters. The van der Waals surface area contributed by atoms with Crippen LogP contribution < -0.4 is 5.73 Å². The molecule has 0 aliphatic carbocycles. The van der Waals surface area contributed by atoms with Crippen molar-refractivity contribution in [1.29, 1.82) is 0 Å². The monoisotopic (exact) mass is 302 g/mol. The summed E-state index contributed by atoms with van der Waals surface area (Å²) in [6, 6.07) is 0. The van der Waals surface area contributed by atoms with Gasteiger partial charge in [0, 0.05) is 6.92 Å². The number of rotatable bonds is 7. The van der Waals surface area contributed by atoms with Crippen molar-refractivity contribution in [3.63, 3.8) is 0 Å². The minimum Gasteiger partial charge on any atom is -0.630 e. The highest BCUT2D eigenvalue weighted by molar-refractivity contribution is 7.51. The van der Waals surface area contributed by atoms with Gasteiger partial charge >= 0.3 is 13.6 Å². The zero-order chi connectivity index (χ0) is 15.7. The first-order valence-electron chi connectivity index (χ1n) is 5.68. The molecule has 0 saturated heterocycles. The van der Waals surface area contributed by atoms with Gasteiger partial charge in [-0.15, -0.1) is 0 Å². The Bertz CT molecular complexity index is 309.